The van der Waals surface area contributed by atoms with Crippen LogP contribution in [0.25, 0.3) is 0 Å². The summed E-state index contributed by atoms with van der Waals surface area (Å²) in [7, 11) is 0. The molecule has 1 heterocycles. The van der Waals surface area contributed by atoms with Gasteiger partial charge in [-0.2, -0.15) is 0 Å². The molecule has 5 heteroatoms. The second kappa shape index (κ2) is 5.29. The largest absolute Gasteiger partial charge is 0.481 e. The summed E-state index contributed by atoms with van der Waals surface area (Å²) in [6.45, 7) is 2.49. The predicted octanol–water partition coefficient (Wildman–Crippen LogP) is 2.05. The maximum Gasteiger partial charge on any atom is 0.312 e. The first kappa shape index (κ1) is 12.1. The maximum absolute atomic E-state index is 11.0. The topological polar surface area (TPSA) is 68.0 Å². The highest BCUT2D eigenvalue weighted by molar-refractivity contribution is 5.74. The molecule has 0 aliphatic heterocycles. The number of carbonyl (C=O) groups is 1. The van der Waals surface area contributed by atoms with Gasteiger partial charge in [-0.15, -0.1) is 5.10 Å². The summed E-state index contributed by atoms with van der Waals surface area (Å²) in [5, 5.41) is 16.9. The van der Waals surface area contributed by atoms with E-state index in [0.717, 1.165) is 6.54 Å². The molecule has 1 aromatic rings. The Bertz CT molecular complexity index is 383. The summed E-state index contributed by atoms with van der Waals surface area (Å²) < 4.78 is 1.77. The number of carboxylic acid groups (broad SMARTS) is 1. The standard InChI is InChI=1S/C12H19N3O2/c1-9(12(16)17)11-7-13-14-15(11)8-10-5-3-2-4-6-10/h7,9-10H,2-6,8H2,1H3,(H,16,17). The first-order chi connectivity index (χ1) is 8.18. The number of hydrogen-bond donors (Lipinski definition) is 1. The molecule has 0 saturated heterocycles. The van der Waals surface area contributed by atoms with Crippen molar-refractivity contribution in [1.29, 1.82) is 0 Å². The van der Waals surface area contributed by atoms with E-state index in [1.54, 1.807) is 17.8 Å². The van der Waals surface area contributed by atoms with Crippen molar-refractivity contribution in [2.24, 2.45) is 5.92 Å². The fourth-order valence-electron chi connectivity index (χ4n) is 2.48. The first-order valence-electron chi connectivity index (χ1n) is 6.29. The van der Waals surface area contributed by atoms with Gasteiger partial charge in [0.15, 0.2) is 0 Å². The minimum Gasteiger partial charge on any atom is -0.481 e. The molecule has 0 bridgehead atoms. The highest BCUT2D eigenvalue weighted by atomic mass is 16.4. The zero-order chi connectivity index (χ0) is 12.3. The van der Waals surface area contributed by atoms with Crippen molar-refractivity contribution in [2.45, 2.75) is 51.5 Å². The van der Waals surface area contributed by atoms with Gasteiger partial charge in [-0.25, -0.2) is 4.68 Å². The molecule has 1 fully saturated rings. The van der Waals surface area contributed by atoms with Crippen molar-refractivity contribution in [3.8, 4) is 0 Å². The summed E-state index contributed by atoms with van der Waals surface area (Å²) in [6.07, 6.45) is 7.90. The van der Waals surface area contributed by atoms with Gasteiger partial charge in [0.2, 0.25) is 0 Å². The molecule has 1 unspecified atom stereocenters. The van der Waals surface area contributed by atoms with Crippen LogP contribution in [0.2, 0.25) is 0 Å². The smallest absolute Gasteiger partial charge is 0.312 e. The van der Waals surface area contributed by atoms with Crippen LogP contribution in [0.1, 0.15) is 50.6 Å². The van der Waals surface area contributed by atoms with Gasteiger partial charge in [-0.1, -0.05) is 24.5 Å². The number of nitrogens with zero attached hydrogens (tertiary/aromatic N) is 3. The van der Waals surface area contributed by atoms with Gasteiger partial charge < -0.3 is 5.11 Å². The van der Waals surface area contributed by atoms with Crippen LogP contribution < -0.4 is 0 Å². The zero-order valence-corrected chi connectivity index (χ0v) is 10.2. The Kier molecular flexibility index (Phi) is 3.76. The second-order valence-corrected chi connectivity index (χ2v) is 4.90. The van der Waals surface area contributed by atoms with Crippen LogP contribution in [0.5, 0.6) is 0 Å². The molecule has 17 heavy (non-hydrogen) atoms. The van der Waals surface area contributed by atoms with Gasteiger partial charge in [0.25, 0.3) is 0 Å². The Balaban J connectivity index is 2.05. The van der Waals surface area contributed by atoms with Crippen molar-refractivity contribution in [2.75, 3.05) is 0 Å². The Hall–Kier alpha value is -1.39. The average Bonchev–Trinajstić information content (AvgIpc) is 2.77. The highest BCUT2D eigenvalue weighted by Crippen LogP contribution is 2.26. The van der Waals surface area contributed by atoms with E-state index in [1.165, 1.54) is 32.1 Å². The molecule has 0 radical (unpaired) electrons. The first-order valence-corrected chi connectivity index (χ1v) is 6.29. The van der Waals surface area contributed by atoms with E-state index < -0.39 is 11.9 Å². The lowest BCUT2D eigenvalue weighted by molar-refractivity contribution is -0.138. The minimum atomic E-state index is -0.822. The SMILES string of the molecule is CC(C(=O)O)c1cnnn1CC1CCCCC1. The third-order valence-electron chi connectivity index (χ3n) is 3.62. The van der Waals surface area contributed by atoms with E-state index in [2.05, 4.69) is 10.3 Å². The van der Waals surface area contributed by atoms with E-state index in [0.29, 0.717) is 11.6 Å². The Morgan fingerprint density at radius 1 is 1.53 bits per heavy atom. The molecule has 1 saturated carbocycles. The third kappa shape index (κ3) is 2.84. The molecule has 1 N–H and O–H groups in total. The Morgan fingerprint density at radius 3 is 2.88 bits per heavy atom. The summed E-state index contributed by atoms with van der Waals surface area (Å²) in [5.74, 6) is -0.726. The summed E-state index contributed by atoms with van der Waals surface area (Å²) in [4.78, 5) is 11.0. The zero-order valence-electron chi connectivity index (χ0n) is 10.2. The quantitative estimate of drug-likeness (QED) is 0.870. The summed E-state index contributed by atoms with van der Waals surface area (Å²) >= 11 is 0. The van der Waals surface area contributed by atoms with Crippen LogP contribution in [-0.2, 0) is 11.3 Å². The minimum absolute atomic E-state index is 0.534. The lowest BCUT2D eigenvalue weighted by atomic mass is 9.89. The van der Waals surface area contributed by atoms with E-state index in [9.17, 15) is 4.79 Å². The fourth-order valence-corrected chi connectivity index (χ4v) is 2.48. The molecular formula is C12H19N3O2. The fraction of sp³-hybridized carbons (Fsp3) is 0.750. The normalized spacial score (nSPS) is 19.1. The third-order valence-corrected chi connectivity index (χ3v) is 3.62. The monoisotopic (exact) mass is 237 g/mol. The molecule has 1 aliphatic rings. The molecule has 1 aliphatic carbocycles. The van der Waals surface area contributed by atoms with Crippen LogP contribution in [0, 0.1) is 5.92 Å². The average molecular weight is 237 g/mol. The van der Waals surface area contributed by atoms with Crippen LogP contribution in [0.4, 0.5) is 0 Å². The Morgan fingerprint density at radius 2 is 2.24 bits per heavy atom. The molecule has 1 atom stereocenters. The van der Waals surface area contributed by atoms with Crippen molar-refractivity contribution in [3.63, 3.8) is 0 Å². The number of rotatable bonds is 4. The van der Waals surface area contributed by atoms with Gasteiger partial charge in [0.1, 0.15) is 0 Å². The van der Waals surface area contributed by atoms with Crippen molar-refractivity contribution < 1.29 is 9.90 Å². The molecular weight excluding hydrogens is 218 g/mol. The molecule has 0 amide bonds. The maximum atomic E-state index is 11.0. The Labute approximate surface area is 101 Å². The van der Waals surface area contributed by atoms with E-state index in [4.69, 9.17) is 5.11 Å². The van der Waals surface area contributed by atoms with Gasteiger partial charge in [-0.05, 0) is 25.7 Å². The molecule has 94 valence electrons. The van der Waals surface area contributed by atoms with Gasteiger partial charge in [0.05, 0.1) is 17.8 Å². The summed E-state index contributed by atoms with van der Waals surface area (Å²) in [6, 6.07) is 0. The lowest BCUT2D eigenvalue weighted by Gasteiger charge is -2.22. The van der Waals surface area contributed by atoms with Crippen LogP contribution in [-0.4, -0.2) is 26.1 Å². The van der Waals surface area contributed by atoms with Crippen molar-refractivity contribution >= 4 is 5.97 Å². The predicted molar refractivity (Wildman–Crippen MR) is 62.6 cm³/mol. The van der Waals surface area contributed by atoms with Crippen LogP contribution in [0.3, 0.4) is 0 Å². The molecule has 5 nitrogen and oxygen atoms in total. The molecule has 2 rings (SSSR count). The highest BCUT2D eigenvalue weighted by Gasteiger charge is 2.21. The molecule has 0 spiro atoms. The van der Waals surface area contributed by atoms with Gasteiger partial charge in [-0.3, -0.25) is 4.79 Å². The van der Waals surface area contributed by atoms with Crippen LogP contribution in [0.15, 0.2) is 6.20 Å². The second-order valence-electron chi connectivity index (χ2n) is 4.90. The number of carboxylic acids is 1. The number of aliphatic carboxylic acids is 1. The van der Waals surface area contributed by atoms with Gasteiger partial charge in [0, 0.05) is 6.54 Å². The number of hydrogen-bond acceptors (Lipinski definition) is 3. The molecule has 1 aromatic heterocycles. The molecule has 0 aromatic carbocycles. The van der Waals surface area contributed by atoms with Crippen LogP contribution >= 0.6 is 0 Å². The van der Waals surface area contributed by atoms with E-state index >= 15 is 0 Å². The van der Waals surface area contributed by atoms with E-state index in [-0.39, 0.29) is 0 Å². The van der Waals surface area contributed by atoms with E-state index in [1.807, 2.05) is 0 Å². The van der Waals surface area contributed by atoms with Gasteiger partial charge >= 0.3 is 5.97 Å². The van der Waals surface area contributed by atoms with Crippen molar-refractivity contribution in [1.82, 2.24) is 15.0 Å². The summed E-state index contributed by atoms with van der Waals surface area (Å²) in [5.41, 5.74) is 0.711. The number of aromatic nitrogens is 3. The van der Waals surface area contributed by atoms with Crippen molar-refractivity contribution in [3.05, 3.63) is 11.9 Å². The lowest BCUT2D eigenvalue weighted by Crippen LogP contribution is -2.20.